The second-order valence-corrected chi connectivity index (χ2v) is 6.80. The van der Waals surface area contributed by atoms with Crippen LogP contribution in [0.2, 0.25) is 0 Å². The van der Waals surface area contributed by atoms with Crippen LogP contribution < -0.4 is 4.74 Å². The minimum Gasteiger partial charge on any atom is -0.496 e. The quantitative estimate of drug-likeness (QED) is 0.726. The predicted molar refractivity (Wildman–Crippen MR) is 110 cm³/mol. The number of rotatable bonds is 6. The molecule has 5 heteroatoms. The maximum Gasteiger partial charge on any atom is 0.246 e. The van der Waals surface area contributed by atoms with Crippen molar-refractivity contribution in [3.63, 3.8) is 0 Å². The first kappa shape index (κ1) is 19.7. The van der Waals surface area contributed by atoms with Gasteiger partial charge in [-0.15, -0.1) is 0 Å². The summed E-state index contributed by atoms with van der Waals surface area (Å²) in [5.41, 5.74) is 3.28. The lowest BCUT2D eigenvalue weighted by atomic mass is 10.00. The van der Waals surface area contributed by atoms with Crippen molar-refractivity contribution in [2.75, 3.05) is 33.3 Å². The van der Waals surface area contributed by atoms with E-state index < -0.39 is 0 Å². The third-order valence-electron chi connectivity index (χ3n) is 5.11. The molecule has 0 spiro atoms. The summed E-state index contributed by atoms with van der Waals surface area (Å²) in [6.07, 6.45) is 2.36. The number of ether oxygens (including phenoxy) is 1. The molecule has 0 N–H and O–H groups in total. The van der Waals surface area contributed by atoms with E-state index in [0.29, 0.717) is 39.0 Å². The average Bonchev–Trinajstić information content (AvgIpc) is 2.77. The minimum absolute atomic E-state index is 0.0745. The SMILES string of the molecule is C=CC(=O)N1CCN(C(=O)CCc2cc(-c3ccccc3)ccc2OC)CC1. The van der Waals surface area contributed by atoms with Gasteiger partial charge in [-0.2, -0.15) is 0 Å². The Bertz CT molecular complexity index is 840. The molecule has 2 aromatic rings. The van der Waals surface area contributed by atoms with Crippen molar-refractivity contribution in [1.29, 1.82) is 0 Å². The first-order valence-electron chi connectivity index (χ1n) is 9.54. The van der Waals surface area contributed by atoms with Gasteiger partial charge < -0.3 is 14.5 Å². The highest BCUT2D eigenvalue weighted by molar-refractivity contribution is 5.87. The van der Waals surface area contributed by atoms with Gasteiger partial charge in [0.2, 0.25) is 11.8 Å². The van der Waals surface area contributed by atoms with Crippen LogP contribution in [0.1, 0.15) is 12.0 Å². The Morgan fingerprint density at radius 1 is 1.00 bits per heavy atom. The van der Waals surface area contributed by atoms with Crippen LogP contribution in [-0.4, -0.2) is 54.9 Å². The highest BCUT2D eigenvalue weighted by Gasteiger charge is 2.22. The number of amides is 2. The molecule has 2 amide bonds. The van der Waals surface area contributed by atoms with Crippen molar-refractivity contribution in [2.24, 2.45) is 0 Å². The molecule has 0 radical (unpaired) electrons. The highest BCUT2D eigenvalue weighted by Crippen LogP contribution is 2.27. The molecule has 28 heavy (non-hydrogen) atoms. The smallest absolute Gasteiger partial charge is 0.246 e. The van der Waals surface area contributed by atoms with E-state index in [9.17, 15) is 9.59 Å². The molecule has 1 fully saturated rings. The number of piperazine rings is 1. The molecule has 0 saturated carbocycles. The molecule has 5 nitrogen and oxygen atoms in total. The zero-order chi connectivity index (χ0) is 19.9. The summed E-state index contributed by atoms with van der Waals surface area (Å²) >= 11 is 0. The molecule has 146 valence electrons. The van der Waals surface area contributed by atoms with Gasteiger partial charge in [-0.05, 0) is 41.3 Å². The zero-order valence-corrected chi connectivity index (χ0v) is 16.3. The number of methoxy groups -OCH3 is 1. The van der Waals surface area contributed by atoms with E-state index in [4.69, 9.17) is 4.74 Å². The van der Waals surface area contributed by atoms with Crippen LogP contribution in [-0.2, 0) is 16.0 Å². The molecular weight excluding hydrogens is 352 g/mol. The van der Waals surface area contributed by atoms with Crippen LogP contribution in [0.15, 0.2) is 61.2 Å². The van der Waals surface area contributed by atoms with E-state index in [1.54, 1.807) is 12.0 Å². The van der Waals surface area contributed by atoms with Crippen molar-refractivity contribution in [1.82, 2.24) is 9.80 Å². The Balaban J connectivity index is 1.63. The van der Waals surface area contributed by atoms with Gasteiger partial charge in [0.25, 0.3) is 0 Å². The van der Waals surface area contributed by atoms with Crippen LogP contribution in [0.3, 0.4) is 0 Å². The number of hydrogen-bond acceptors (Lipinski definition) is 3. The van der Waals surface area contributed by atoms with Crippen LogP contribution >= 0.6 is 0 Å². The fourth-order valence-corrected chi connectivity index (χ4v) is 3.49. The van der Waals surface area contributed by atoms with Gasteiger partial charge in [0.05, 0.1) is 7.11 Å². The van der Waals surface area contributed by atoms with Crippen LogP contribution in [0.5, 0.6) is 5.75 Å². The maximum absolute atomic E-state index is 12.6. The molecule has 1 aliphatic heterocycles. The minimum atomic E-state index is -0.0745. The lowest BCUT2D eigenvalue weighted by molar-refractivity contribution is -0.137. The Kier molecular flexibility index (Phi) is 6.48. The first-order chi connectivity index (χ1) is 13.6. The summed E-state index contributed by atoms with van der Waals surface area (Å²) in [6, 6.07) is 16.3. The van der Waals surface area contributed by atoms with E-state index in [-0.39, 0.29) is 11.8 Å². The average molecular weight is 378 g/mol. The summed E-state index contributed by atoms with van der Waals surface area (Å²) in [5.74, 6) is 0.835. The second kappa shape index (κ2) is 9.22. The number of benzene rings is 2. The van der Waals surface area contributed by atoms with Gasteiger partial charge in [0, 0.05) is 32.6 Å². The standard InChI is InChI=1S/C23H26N2O3/c1-3-22(26)24-13-15-25(16-14-24)23(27)12-10-20-17-19(9-11-21(20)28-2)18-7-5-4-6-8-18/h3-9,11,17H,1,10,12-16H2,2H3. The summed E-state index contributed by atoms with van der Waals surface area (Å²) in [4.78, 5) is 27.9. The lowest BCUT2D eigenvalue weighted by Gasteiger charge is -2.34. The van der Waals surface area contributed by atoms with Crippen LogP contribution in [0.4, 0.5) is 0 Å². The number of nitrogens with zero attached hydrogens (tertiary/aromatic N) is 2. The summed E-state index contributed by atoms with van der Waals surface area (Å²) < 4.78 is 5.49. The summed E-state index contributed by atoms with van der Waals surface area (Å²) in [6.45, 7) is 5.77. The third-order valence-corrected chi connectivity index (χ3v) is 5.11. The molecule has 2 aromatic carbocycles. The van der Waals surface area contributed by atoms with E-state index in [0.717, 1.165) is 22.4 Å². The molecule has 3 rings (SSSR count). The molecule has 0 aromatic heterocycles. The molecule has 1 aliphatic rings. The largest absolute Gasteiger partial charge is 0.496 e. The van der Waals surface area contributed by atoms with E-state index in [1.165, 1.54) is 6.08 Å². The Morgan fingerprint density at radius 3 is 2.32 bits per heavy atom. The van der Waals surface area contributed by atoms with Crippen molar-refractivity contribution in [3.05, 3.63) is 66.7 Å². The van der Waals surface area contributed by atoms with Gasteiger partial charge >= 0.3 is 0 Å². The number of carbonyl (C=O) groups is 2. The molecule has 0 atom stereocenters. The normalized spacial score (nSPS) is 13.9. The highest BCUT2D eigenvalue weighted by atomic mass is 16.5. The van der Waals surface area contributed by atoms with Gasteiger partial charge in [-0.25, -0.2) is 0 Å². The molecular formula is C23H26N2O3. The fraction of sp³-hybridized carbons (Fsp3) is 0.304. The van der Waals surface area contributed by atoms with Gasteiger partial charge in [-0.1, -0.05) is 43.0 Å². The number of carbonyl (C=O) groups excluding carboxylic acids is 2. The van der Waals surface area contributed by atoms with Crippen LogP contribution in [0, 0.1) is 0 Å². The van der Waals surface area contributed by atoms with E-state index >= 15 is 0 Å². The van der Waals surface area contributed by atoms with Crippen LogP contribution in [0.25, 0.3) is 11.1 Å². The molecule has 0 bridgehead atoms. The molecule has 1 heterocycles. The molecule has 0 unspecified atom stereocenters. The van der Waals surface area contributed by atoms with Crippen molar-refractivity contribution >= 4 is 11.8 Å². The third kappa shape index (κ3) is 4.60. The Labute approximate surface area is 166 Å². The Morgan fingerprint density at radius 2 is 1.68 bits per heavy atom. The van der Waals surface area contributed by atoms with E-state index in [1.807, 2.05) is 35.2 Å². The summed E-state index contributed by atoms with van der Waals surface area (Å²) in [5, 5.41) is 0. The monoisotopic (exact) mass is 378 g/mol. The topological polar surface area (TPSA) is 49.9 Å². The van der Waals surface area contributed by atoms with Crippen molar-refractivity contribution in [3.8, 4) is 16.9 Å². The molecule has 1 saturated heterocycles. The number of hydrogen-bond donors (Lipinski definition) is 0. The van der Waals surface area contributed by atoms with E-state index in [2.05, 4.69) is 24.8 Å². The van der Waals surface area contributed by atoms with Gasteiger partial charge in [0.15, 0.2) is 0 Å². The lowest BCUT2D eigenvalue weighted by Crippen LogP contribution is -2.50. The predicted octanol–water partition coefficient (Wildman–Crippen LogP) is 3.15. The number of aryl methyl sites for hydroxylation is 1. The first-order valence-corrected chi connectivity index (χ1v) is 9.54. The molecule has 0 aliphatic carbocycles. The second-order valence-electron chi connectivity index (χ2n) is 6.80. The Hall–Kier alpha value is -3.08. The van der Waals surface area contributed by atoms with Gasteiger partial charge in [0.1, 0.15) is 5.75 Å². The zero-order valence-electron chi connectivity index (χ0n) is 16.3. The summed E-state index contributed by atoms with van der Waals surface area (Å²) in [7, 11) is 1.65. The van der Waals surface area contributed by atoms with Crippen molar-refractivity contribution < 1.29 is 14.3 Å². The van der Waals surface area contributed by atoms with Gasteiger partial charge in [-0.3, -0.25) is 9.59 Å². The van der Waals surface area contributed by atoms with Crippen molar-refractivity contribution in [2.45, 2.75) is 12.8 Å². The maximum atomic E-state index is 12.6. The fourth-order valence-electron chi connectivity index (χ4n) is 3.49.